The maximum Gasteiger partial charge on any atom is 0.292 e. The van der Waals surface area contributed by atoms with Crippen LogP contribution in [0, 0.1) is 16.0 Å². The summed E-state index contributed by atoms with van der Waals surface area (Å²) in [6.07, 6.45) is -0.861. The van der Waals surface area contributed by atoms with Crippen LogP contribution in [-0.2, 0) is 4.79 Å². The third kappa shape index (κ3) is 5.87. The molecule has 0 saturated heterocycles. The van der Waals surface area contributed by atoms with Crippen molar-refractivity contribution in [1.82, 2.24) is 5.32 Å². The maximum atomic E-state index is 11.9. The molecule has 0 unspecified atom stereocenters. The van der Waals surface area contributed by atoms with E-state index in [2.05, 4.69) is 10.6 Å². The Labute approximate surface area is 143 Å². The van der Waals surface area contributed by atoms with E-state index >= 15 is 0 Å². The molecule has 1 atom stereocenters. The zero-order valence-corrected chi connectivity index (χ0v) is 14.2. The molecule has 1 aromatic carbocycles. The number of nitrogens with one attached hydrogen (secondary N) is 2. The normalized spacial score (nSPS) is 12.8. The molecular formula is C13H16Cl3N3O3. The van der Waals surface area contributed by atoms with E-state index in [-0.39, 0.29) is 29.6 Å². The zero-order chi connectivity index (χ0) is 16.9. The smallest absolute Gasteiger partial charge is 0.292 e. The fourth-order valence-corrected chi connectivity index (χ4v) is 2.03. The summed E-state index contributed by atoms with van der Waals surface area (Å²) >= 11 is 17.5. The Morgan fingerprint density at radius 3 is 2.41 bits per heavy atom. The second-order valence-electron chi connectivity index (χ2n) is 5.06. The molecule has 1 rings (SSSR count). The largest absolute Gasteiger partial charge is 0.356 e. The lowest BCUT2D eigenvalue weighted by molar-refractivity contribution is -0.384. The highest BCUT2D eigenvalue weighted by molar-refractivity contribution is 6.68. The number of nitrogens with zero attached hydrogens (tertiary/aromatic N) is 1. The molecule has 0 aliphatic heterocycles. The molecule has 0 aromatic heterocycles. The van der Waals surface area contributed by atoms with Gasteiger partial charge in [0, 0.05) is 12.5 Å². The lowest BCUT2D eigenvalue weighted by Crippen LogP contribution is -2.49. The summed E-state index contributed by atoms with van der Waals surface area (Å²) < 4.78 is -1.88. The van der Waals surface area contributed by atoms with Crippen molar-refractivity contribution < 1.29 is 9.72 Å². The van der Waals surface area contributed by atoms with Gasteiger partial charge in [-0.25, -0.2) is 0 Å². The predicted molar refractivity (Wildman–Crippen MR) is 88.4 cm³/mol. The van der Waals surface area contributed by atoms with Crippen LogP contribution in [0.25, 0.3) is 0 Å². The molecule has 0 bridgehead atoms. The summed E-state index contributed by atoms with van der Waals surface area (Å²) in [5, 5.41) is 16.2. The van der Waals surface area contributed by atoms with E-state index in [0.29, 0.717) is 0 Å². The Balaban J connectivity index is 2.96. The highest BCUT2D eigenvalue weighted by Gasteiger charge is 2.35. The van der Waals surface area contributed by atoms with Crippen molar-refractivity contribution in [3.05, 3.63) is 34.4 Å². The van der Waals surface area contributed by atoms with Gasteiger partial charge in [0.2, 0.25) is 9.70 Å². The first kappa shape index (κ1) is 18.8. The van der Waals surface area contributed by atoms with Gasteiger partial charge in [-0.15, -0.1) is 0 Å². The van der Waals surface area contributed by atoms with E-state index < -0.39 is 14.9 Å². The Morgan fingerprint density at radius 2 is 1.91 bits per heavy atom. The molecule has 6 nitrogen and oxygen atoms in total. The monoisotopic (exact) mass is 367 g/mol. The van der Waals surface area contributed by atoms with E-state index in [1.807, 2.05) is 13.8 Å². The number of carbonyl (C=O) groups excluding carboxylic acids is 1. The van der Waals surface area contributed by atoms with E-state index in [4.69, 9.17) is 34.8 Å². The molecule has 2 N–H and O–H groups in total. The lowest BCUT2D eigenvalue weighted by atomic mass is 10.1. The standard InChI is InChI=1S/C13H16Cl3N3O3/c1-8(2)7-11(20)18-12(13(14,15)16)17-9-5-3-4-6-10(9)19(21)22/h3-6,8,12,17H,7H2,1-2H3,(H,18,20)/t12-/m1/s1. The quantitative estimate of drug-likeness (QED) is 0.345. The van der Waals surface area contributed by atoms with Crippen LogP contribution in [0.15, 0.2) is 24.3 Å². The number of anilines is 1. The van der Waals surface area contributed by atoms with Gasteiger partial charge in [-0.05, 0) is 12.0 Å². The van der Waals surface area contributed by atoms with E-state index in [1.54, 1.807) is 6.07 Å². The minimum Gasteiger partial charge on any atom is -0.356 e. The molecule has 0 saturated carbocycles. The molecule has 122 valence electrons. The molecule has 0 radical (unpaired) electrons. The number of amides is 1. The van der Waals surface area contributed by atoms with Gasteiger partial charge in [0.1, 0.15) is 11.9 Å². The van der Waals surface area contributed by atoms with Crippen molar-refractivity contribution in [2.24, 2.45) is 5.92 Å². The number of hydrogen-bond acceptors (Lipinski definition) is 4. The van der Waals surface area contributed by atoms with E-state index in [0.717, 1.165) is 0 Å². The molecule has 1 aromatic rings. The second kappa shape index (κ2) is 7.85. The number of nitro groups is 1. The average molecular weight is 369 g/mol. The number of benzene rings is 1. The molecule has 0 fully saturated rings. The minimum absolute atomic E-state index is 0.127. The van der Waals surface area contributed by atoms with Gasteiger partial charge >= 0.3 is 0 Å². The zero-order valence-electron chi connectivity index (χ0n) is 12.0. The maximum absolute atomic E-state index is 11.9. The van der Waals surface area contributed by atoms with Crippen molar-refractivity contribution in [1.29, 1.82) is 0 Å². The summed E-state index contributed by atoms with van der Waals surface area (Å²) in [7, 11) is 0. The number of nitro benzene ring substituents is 1. The van der Waals surface area contributed by atoms with Crippen LogP contribution in [-0.4, -0.2) is 20.8 Å². The fourth-order valence-electron chi connectivity index (χ4n) is 1.70. The van der Waals surface area contributed by atoms with E-state index in [9.17, 15) is 14.9 Å². The van der Waals surface area contributed by atoms with Crippen LogP contribution in [0.3, 0.4) is 0 Å². The summed E-state index contributed by atoms with van der Waals surface area (Å²) in [6, 6.07) is 5.90. The lowest BCUT2D eigenvalue weighted by Gasteiger charge is -2.27. The Morgan fingerprint density at radius 1 is 1.32 bits per heavy atom. The van der Waals surface area contributed by atoms with Crippen LogP contribution in [0.2, 0.25) is 0 Å². The summed E-state index contributed by atoms with van der Waals surface area (Å²) in [5.74, 6) is -0.195. The summed E-state index contributed by atoms with van der Waals surface area (Å²) in [4.78, 5) is 22.3. The number of hydrogen-bond donors (Lipinski definition) is 2. The van der Waals surface area contributed by atoms with Gasteiger partial charge in [0.05, 0.1) is 4.92 Å². The van der Waals surface area contributed by atoms with Gasteiger partial charge < -0.3 is 10.6 Å². The van der Waals surface area contributed by atoms with Crippen molar-refractivity contribution in [2.45, 2.75) is 30.2 Å². The predicted octanol–water partition coefficient (Wildman–Crippen LogP) is 3.87. The molecule has 22 heavy (non-hydrogen) atoms. The Hall–Kier alpha value is -1.24. The number of rotatable bonds is 6. The third-order valence-corrected chi connectivity index (χ3v) is 3.28. The molecule has 0 heterocycles. The van der Waals surface area contributed by atoms with Crippen LogP contribution < -0.4 is 10.6 Å². The van der Waals surface area contributed by atoms with Crippen molar-refractivity contribution in [3.8, 4) is 0 Å². The average Bonchev–Trinajstić information content (AvgIpc) is 2.36. The highest BCUT2D eigenvalue weighted by Crippen LogP contribution is 2.33. The third-order valence-electron chi connectivity index (χ3n) is 2.63. The first-order chi connectivity index (χ1) is 10.1. The summed E-state index contributed by atoms with van der Waals surface area (Å²) in [5.41, 5.74) is -0.0338. The van der Waals surface area contributed by atoms with Gasteiger partial charge in [-0.2, -0.15) is 0 Å². The molecule has 0 aliphatic rings. The molecule has 1 amide bonds. The first-order valence-corrected chi connectivity index (χ1v) is 7.60. The number of para-hydroxylation sites is 2. The van der Waals surface area contributed by atoms with Crippen LogP contribution in [0.1, 0.15) is 20.3 Å². The van der Waals surface area contributed by atoms with Gasteiger partial charge in [0.25, 0.3) is 5.69 Å². The molecule has 0 spiro atoms. The van der Waals surface area contributed by atoms with Crippen LogP contribution >= 0.6 is 34.8 Å². The van der Waals surface area contributed by atoms with Crippen LogP contribution in [0.4, 0.5) is 11.4 Å². The number of alkyl halides is 3. The van der Waals surface area contributed by atoms with Gasteiger partial charge in [-0.1, -0.05) is 60.8 Å². The van der Waals surface area contributed by atoms with Crippen LogP contribution in [0.5, 0.6) is 0 Å². The van der Waals surface area contributed by atoms with Crippen molar-refractivity contribution in [2.75, 3.05) is 5.32 Å². The van der Waals surface area contributed by atoms with Gasteiger partial charge in [-0.3, -0.25) is 14.9 Å². The summed E-state index contributed by atoms with van der Waals surface area (Å²) in [6.45, 7) is 3.75. The Kier molecular flexibility index (Phi) is 6.71. The molecule has 0 aliphatic carbocycles. The Bertz CT molecular complexity index is 547. The minimum atomic E-state index is -1.88. The number of halogens is 3. The first-order valence-electron chi connectivity index (χ1n) is 6.47. The number of carbonyl (C=O) groups is 1. The highest BCUT2D eigenvalue weighted by atomic mass is 35.6. The van der Waals surface area contributed by atoms with Crippen molar-refractivity contribution >= 4 is 52.1 Å². The van der Waals surface area contributed by atoms with Crippen molar-refractivity contribution in [3.63, 3.8) is 0 Å². The molecule has 9 heteroatoms. The van der Waals surface area contributed by atoms with Gasteiger partial charge in [0.15, 0.2) is 0 Å². The second-order valence-corrected chi connectivity index (χ2v) is 7.43. The molecular weight excluding hydrogens is 353 g/mol. The van der Waals surface area contributed by atoms with E-state index in [1.165, 1.54) is 18.2 Å². The SMILES string of the molecule is CC(C)CC(=O)N[C@@H](Nc1ccccc1[N+](=O)[O-])C(Cl)(Cl)Cl. The fraction of sp³-hybridized carbons (Fsp3) is 0.462. The topological polar surface area (TPSA) is 84.3 Å².